The number of nitrogens with zero attached hydrogens (tertiary/aromatic N) is 5. The van der Waals surface area contributed by atoms with Gasteiger partial charge in [-0.3, -0.25) is 23.7 Å². The van der Waals surface area contributed by atoms with Crippen LogP contribution in [0.1, 0.15) is 30.1 Å². The molecule has 1 N–H and O–H groups in total. The number of rotatable bonds is 5. The topological polar surface area (TPSA) is 85.1 Å². The molecule has 3 aromatic rings. The van der Waals surface area contributed by atoms with Gasteiger partial charge < -0.3 is 10.2 Å². The molecule has 0 amide bonds. The summed E-state index contributed by atoms with van der Waals surface area (Å²) in [5.74, 6) is 0. The molecule has 0 aromatic carbocycles. The molecule has 1 fully saturated rings. The van der Waals surface area contributed by atoms with Crippen LogP contribution in [0.25, 0.3) is 11.2 Å². The Labute approximate surface area is 188 Å². The Morgan fingerprint density at radius 1 is 1.13 bits per heavy atom. The van der Waals surface area contributed by atoms with Crippen LogP contribution in [0, 0.1) is 6.92 Å². The Morgan fingerprint density at radius 2 is 1.94 bits per heavy atom. The van der Waals surface area contributed by atoms with Crippen LogP contribution < -0.4 is 16.4 Å². The first-order valence-corrected chi connectivity index (χ1v) is 11.5. The molecule has 1 atom stereocenters. The third-order valence-corrected chi connectivity index (χ3v) is 7.21. The lowest BCUT2D eigenvalue weighted by Gasteiger charge is -2.34. The number of piperidine rings is 1. The zero-order chi connectivity index (χ0) is 21.5. The number of hydrogen-bond acceptors (Lipinski definition) is 6. The number of aromatic nitrogens is 4. The summed E-state index contributed by atoms with van der Waals surface area (Å²) in [6, 6.07) is 5.81. The quantitative estimate of drug-likeness (QED) is 0.594. The summed E-state index contributed by atoms with van der Waals surface area (Å²) in [4.78, 5) is 35.9. The summed E-state index contributed by atoms with van der Waals surface area (Å²) >= 11 is 3.55. The molecule has 1 saturated heterocycles. The van der Waals surface area contributed by atoms with E-state index in [-0.39, 0.29) is 17.2 Å². The third kappa shape index (κ3) is 3.97. The van der Waals surface area contributed by atoms with Gasteiger partial charge >= 0.3 is 0 Å². The first-order chi connectivity index (χ1) is 15.0. The first-order valence-electron chi connectivity index (χ1n) is 10.7. The van der Waals surface area contributed by atoms with Crippen LogP contribution in [-0.4, -0.2) is 49.7 Å². The number of aryl methyl sites for hydroxylation is 1. The van der Waals surface area contributed by atoms with Crippen LogP contribution in [0.4, 0.5) is 0 Å². The molecule has 0 radical (unpaired) electrons. The van der Waals surface area contributed by atoms with Gasteiger partial charge in [0.2, 0.25) is 0 Å². The zero-order valence-corrected chi connectivity index (χ0v) is 19.0. The van der Waals surface area contributed by atoms with Crippen LogP contribution in [-0.2, 0) is 13.1 Å². The lowest BCUT2D eigenvalue weighted by molar-refractivity contribution is 0.171. The van der Waals surface area contributed by atoms with E-state index >= 15 is 0 Å². The van der Waals surface area contributed by atoms with Crippen molar-refractivity contribution in [3.05, 3.63) is 67.0 Å². The SMILES string of the molecule is Cc1ncc(CNC2CCN(C[C@@H]3Cn4c(=O)cnc5ccc(=O)n3c54)CC2)cc1Br. The predicted molar refractivity (Wildman–Crippen MR) is 122 cm³/mol. The highest BCUT2D eigenvalue weighted by Crippen LogP contribution is 2.24. The fraction of sp³-hybridized carbons (Fsp3) is 0.455. The Balaban J connectivity index is 1.21. The second kappa shape index (κ2) is 8.29. The Morgan fingerprint density at radius 3 is 2.71 bits per heavy atom. The Bertz CT molecular complexity index is 1240. The van der Waals surface area contributed by atoms with Gasteiger partial charge in [0.25, 0.3) is 11.1 Å². The molecule has 5 rings (SSSR count). The lowest BCUT2D eigenvalue weighted by Crippen LogP contribution is -2.44. The minimum absolute atomic E-state index is 0.0337. The van der Waals surface area contributed by atoms with E-state index in [0.717, 1.165) is 49.2 Å². The van der Waals surface area contributed by atoms with Gasteiger partial charge in [-0.15, -0.1) is 0 Å². The molecule has 162 valence electrons. The molecule has 0 unspecified atom stereocenters. The molecular weight excluding hydrogens is 460 g/mol. The van der Waals surface area contributed by atoms with Crippen LogP contribution in [0.15, 0.2) is 44.7 Å². The van der Waals surface area contributed by atoms with E-state index in [9.17, 15) is 9.59 Å². The minimum atomic E-state index is -0.144. The van der Waals surface area contributed by atoms with Crippen LogP contribution in [0.5, 0.6) is 0 Å². The summed E-state index contributed by atoms with van der Waals surface area (Å²) < 4.78 is 4.49. The van der Waals surface area contributed by atoms with Crippen molar-refractivity contribution >= 4 is 27.1 Å². The fourth-order valence-electron chi connectivity index (χ4n) is 4.68. The van der Waals surface area contributed by atoms with E-state index in [0.29, 0.717) is 23.8 Å². The first kappa shape index (κ1) is 20.5. The maximum Gasteiger partial charge on any atom is 0.270 e. The highest BCUT2D eigenvalue weighted by atomic mass is 79.9. The minimum Gasteiger partial charge on any atom is -0.310 e. The molecule has 0 bridgehead atoms. The van der Waals surface area contributed by atoms with Gasteiger partial charge in [0.1, 0.15) is 11.2 Å². The van der Waals surface area contributed by atoms with Crippen molar-refractivity contribution in [2.75, 3.05) is 19.6 Å². The van der Waals surface area contributed by atoms with E-state index in [2.05, 4.69) is 42.2 Å². The summed E-state index contributed by atoms with van der Waals surface area (Å²) in [6.45, 7) is 6.03. The maximum atomic E-state index is 12.6. The largest absolute Gasteiger partial charge is 0.310 e. The van der Waals surface area contributed by atoms with E-state index < -0.39 is 0 Å². The molecule has 8 nitrogen and oxygen atoms in total. The van der Waals surface area contributed by atoms with Crippen molar-refractivity contribution in [2.45, 2.75) is 44.9 Å². The van der Waals surface area contributed by atoms with Crippen molar-refractivity contribution in [3.63, 3.8) is 0 Å². The molecule has 2 aliphatic rings. The second-order valence-corrected chi connectivity index (χ2v) is 9.33. The molecule has 0 aliphatic carbocycles. The van der Waals surface area contributed by atoms with Crippen LogP contribution in [0.2, 0.25) is 0 Å². The number of pyridine rings is 2. The molecule has 5 heterocycles. The normalized spacial score (nSPS) is 19.4. The van der Waals surface area contributed by atoms with Gasteiger partial charge in [0.05, 0.1) is 17.9 Å². The second-order valence-electron chi connectivity index (χ2n) is 8.48. The zero-order valence-electron chi connectivity index (χ0n) is 17.4. The highest BCUT2D eigenvalue weighted by Gasteiger charge is 2.29. The van der Waals surface area contributed by atoms with Crippen molar-refractivity contribution in [3.8, 4) is 0 Å². The summed E-state index contributed by atoms with van der Waals surface area (Å²) in [5.41, 5.74) is 3.32. The average molecular weight is 485 g/mol. The Hall–Kier alpha value is -2.36. The summed E-state index contributed by atoms with van der Waals surface area (Å²) in [6.07, 6.45) is 5.38. The smallest absolute Gasteiger partial charge is 0.270 e. The van der Waals surface area contributed by atoms with Gasteiger partial charge in [-0.05, 0) is 66.5 Å². The van der Waals surface area contributed by atoms with Gasteiger partial charge in [0, 0.05) is 42.4 Å². The molecule has 2 aliphatic heterocycles. The van der Waals surface area contributed by atoms with Crippen molar-refractivity contribution in [1.29, 1.82) is 0 Å². The van der Waals surface area contributed by atoms with Gasteiger partial charge in [-0.1, -0.05) is 0 Å². The highest BCUT2D eigenvalue weighted by molar-refractivity contribution is 9.10. The maximum absolute atomic E-state index is 12.6. The van der Waals surface area contributed by atoms with E-state index in [1.165, 1.54) is 11.8 Å². The fourth-order valence-corrected chi connectivity index (χ4v) is 5.08. The van der Waals surface area contributed by atoms with Crippen molar-refractivity contribution in [2.24, 2.45) is 0 Å². The van der Waals surface area contributed by atoms with E-state index in [4.69, 9.17) is 0 Å². The van der Waals surface area contributed by atoms with Crippen molar-refractivity contribution < 1.29 is 0 Å². The van der Waals surface area contributed by atoms with E-state index in [1.54, 1.807) is 21.3 Å². The average Bonchev–Trinajstić information content (AvgIpc) is 3.15. The van der Waals surface area contributed by atoms with Gasteiger partial charge in [0.15, 0.2) is 0 Å². The van der Waals surface area contributed by atoms with Crippen LogP contribution in [0.3, 0.4) is 0 Å². The Kier molecular flexibility index (Phi) is 5.49. The number of hydrogen-bond donors (Lipinski definition) is 1. The molecule has 31 heavy (non-hydrogen) atoms. The molecule has 0 spiro atoms. The van der Waals surface area contributed by atoms with Crippen LogP contribution >= 0.6 is 15.9 Å². The standard InChI is InChI=1S/C22H25BrN6O2/c1-14-18(23)8-15(9-24-14)10-25-16-4-6-27(7-5-16)12-17-13-28-21(31)11-26-19-2-3-20(30)29(17)22(19)28/h2-3,8-9,11,16-17,25H,4-7,10,12-13H2,1H3/t17-/m1/s1. The molecule has 0 saturated carbocycles. The lowest BCUT2D eigenvalue weighted by atomic mass is 10.0. The monoisotopic (exact) mass is 484 g/mol. The summed E-state index contributed by atoms with van der Waals surface area (Å²) in [7, 11) is 0. The van der Waals surface area contributed by atoms with Gasteiger partial charge in [-0.2, -0.15) is 0 Å². The number of halogens is 1. The number of likely N-dealkylation sites (tertiary alicyclic amines) is 1. The predicted octanol–water partition coefficient (Wildman–Crippen LogP) is 1.83. The molecule has 3 aromatic heterocycles. The number of nitrogens with one attached hydrogen (secondary N) is 1. The van der Waals surface area contributed by atoms with Gasteiger partial charge in [-0.25, -0.2) is 4.98 Å². The van der Waals surface area contributed by atoms with E-state index in [1.807, 2.05) is 13.1 Å². The third-order valence-electron chi connectivity index (χ3n) is 6.41. The van der Waals surface area contributed by atoms with Crippen molar-refractivity contribution in [1.82, 2.24) is 29.3 Å². The molecule has 9 heteroatoms. The summed E-state index contributed by atoms with van der Waals surface area (Å²) in [5, 5.41) is 3.65. The molecular formula is C22H25BrN6O2.